The highest BCUT2D eigenvalue weighted by Gasteiger charge is 2.30. The van der Waals surface area contributed by atoms with Gasteiger partial charge in [-0.25, -0.2) is 0 Å². The molecule has 1 atom stereocenters. The van der Waals surface area contributed by atoms with E-state index in [4.69, 9.17) is 14.2 Å². The standard InChI is InChI=1S/C18H23NO5/c1-2-22-18(21)14-5-3-8-19(12-14)17(20)13-6-7-15-16(11-13)24-10-4-9-23-15/h6-7,11,14H,2-5,8-10,12H2,1H3/t14-/m0/s1. The second kappa shape index (κ2) is 7.55. The number of amides is 1. The van der Waals surface area contributed by atoms with Gasteiger partial charge in [0.2, 0.25) is 0 Å². The Labute approximate surface area is 141 Å². The van der Waals surface area contributed by atoms with Gasteiger partial charge in [0.15, 0.2) is 11.5 Å². The maximum Gasteiger partial charge on any atom is 0.310 e. The summed E-state index contributed by atoms with van der Waals surface area (Å²) < 4.78 is 16.3. The van der Waals surface area contributed by atoms with Crippen LogP contribution in [0, 0.1) is 5.92 Å². The fourth-order valence-corrected chi connectivity index (χ4v) is 3.09. The third-order valence-corrected chi connectivity index (χ3v) is 4.32. The largest absolute Gasteiger partial charge is 0.490 e. The number of carbonyl (C=O) groups is 2. The summed E-state index contributed by atoms with van der Waals surface area (Å²) in [5.41, 5.74) is 0.559. The van der Waals surface area contributed by atoms with Crippen molar-refractivity contribution in [2.24, 2.45) is 5.92 Å². The average molecular weight is 333 g/mol. The van der Waals surface area contributed by atoms with E-state index in [1.165, 1.54) is 0 Å². The Morgan fingerprint density at radius 2 is 2.00 bits per heavy atom. The summed E-state index contributed by atoms with van der Waals surface area (Å²) in [6.07, 6.45) is 2.40. The molecular weight excluding hydrogens is 310 g/mol. The van der Waals surface area contributed by atoms with Gasteiger partial charge in [0.05, 0.1) is 25.7 Å². The predicted octanol–water partition coefficient (Wildman–Crippen LogP) is 2.26. The molecular formula is C18H23NO5. The highest BCUT2D eigenvalue weighted by atomic mass is 16.5. The van der Waals surface area contributed by atoms with Crippen molar-refractivity contribution in [2.45, 2.75) is 26.2 Å². The van der Waals surface area contributed by atoms with E-state index in [2.05, 4.69) is 0 Å². The first-order chi connectivity index (χ1) is 11.7. The van der Waals surface area contributed by atoms with Crippen molar-refractivity contribution in [3.05, 3.63) is 23.8 Å². The Balaban J connectivity index is 1.71. The normalized spacial score (nSPS) is 20.2. The monoisotopic (exact) mass is 333 g/mol. The smallest absolute Gasteiger partial charge is 0.310 e. The minimum absolute atomic E-state index is 0.0837. The maximum absolute atomic E-state index is 12.8. The molecule has 2 aliphatic heterocycles. The van der Waals surface area contributed by atoms with E-state index < -0.39 is 0 Å². The lowest BCUT2D eigenvalue weighted by molar-refractivity contribution is -0.149. The first-order valence-corrected chi connectivity index (χ1v) is 8.54. The first-order valence-electron chi connectivity index (χ1n) is 8.54. The minimum Gasteiger partial charge on any atom is -0.490 e. The molecule has 0 bridgehead atoms. The van der Waals surface area contributed by atoms with Crippen molar-refractivity contribution in [1.29, 1.82) is 0 Å². The summed E-state index contributed by atoms with van der Waals surface area (Å²) >= 11 is 0. The number of likely N-dealkylation sites (tertiary alicyclic amines) is 1. The van der Waals surface area contributed by atoms with E-state index in [1.807, 2.05) is 0 Å². The summed E-state index contributed by atoms with van der Waals surface area (Å²) in [5.74, 6) is 0.751. The number of hydrogen-bond donors (Lipinski definition) is 0. The summed E-state index contributed by atoms with van der Waals surface area (Å²) in [5, 5.41) is 0. The molecule has 2 aliphatic rings. The SMILES string of the molecule is CCOC(=O)[C@H]1CCCN(C(=O)c2ccc3c(c2)OCCCO3)C1. The van der Waals surface area contributed by atoms with Crippen molar-refractivity contribution in [3.63, 3.8) is 0 Å². The number of carbonyl (C=O) groups excluding carboxylic acids is 2. The van der Waals surface area contributed by atoms with Gasteiger partial charge in [-0.05, 0) is 38.0 Å². The van der Waals surface area contributed by atoms with Crippen LogP contribution in [-0.2, 0) is 9.53 Å². The summed E-state index contributed by atoms with van der Waals surface area (Å²) in [6, 6.07) is 5.27. The molecule has 0 radical (unpaired) electrons. The van der Waals surface area contributed by atoms with Gasteiger partial charge in [0.1, 0.15) is 0 Å². The van der Waals surface area contributed by atoms with Crippen LogP contribution in [0.25, 0.3) is 0 Å². The third kappa shape index (κ3) is 3.63. The zero-order valence-corrected chi connectivity index (χ0v) is 14.0. The molecule has 1 saturated heterocycles. The third-order valence-electron chi connectivity index (χ3n) is 4.32. The molecule has 0 unspecified atom stereocenters. The molecule has 6 heteroatoms. The molecule has 0 saturated carbocycles. The first kappa shape index (κ1) is 16.6. The molecule has 6 nitrogen and oxygen atoms in total. The fraction of sp³-hybridized carbons (Fsp3) is 0.556. The number of nitrogens with zero attached hydrogens (tertiary/aromatic N) is 1. The van der Waals surface area contributed by atoms with Gasteiger partial charge in [-0.1, -0.05) is 0 Å². The molecule has 1 amide bonds. The van der Waals surface area contributed by atoms with Gasteiger partial charge in [-0.15, -0.1) is 0 Å². The molecule has 2 heterocycles. The second-order valence-electron chi connectivity index (χ2n) is 6.05. The van der Waals surface area contributed by atoms with E-state index in [1.54, 1.807) is 30.0 Å². The van der Waals surface area contributed by atoms with Crippen molar-refractivity contribution in [2.75, 3.05) is 32.9 Å². The van der Waals surface area contributed by atoms with Gasteiger partial charge >= 0.3 is 5.97 Å². The molecule has 24 heavy (non-hydrogen) atoms. The van der Waals surface area contributed by atoms with Crippen LogP contribution in [0.5, 0.6) is 11.5 Å². The number of rotatable bonds is 3. The molecule has 130 valence electrons. The Morgan fingerprint density at radius 1 is 1.21 bits per heavy atom. The van der Waals surface area contributed by atoms with Crippen LogP contribution in [0.15, 0.2) is 18.2 Å². The van der Waals surface area contributed by atoms with E-state index >= 15 is 0 Å². The number of esters is 1. The van der Waals surface area contributed by atoms with E-state index in [0.717, 1.165) is 19.3 Å². The van der Waals surface area contributed by atoms with E-state index in [9.17, 15) is 9.59 Å². The number of fused-ring (bicyclic) bond motifs is 1. The van der Waals surface area contributed by atoms with Crippen LogP contribution in [0.3, 0.4) is 0 Å². The zero-order valence-electron chi connectivity index (χ0n) is 14.0. The highest BCUT2D eigenvalue weighted by molar-refractivity contribution is 5.95. The van der Waals surface area contributed by atoms with Crippen molar-refractivity contribution in [1.82, 2.24) is 4.90 Å². The Morgan fingerprint density at radius 3 is 2.79 bits per heavy atom. The topological polar surface area (TPSA) is 65.1 Å². The van der Waals surface area contributed by atoms with E-state index in [-0.39, 0.29) is 17.8 Å². The molecule has 0 aromatic heterocycles. The fourth-order valence-electron chi connectivity index (χ4n) is 3.09. The van der Waals surface area contributed by atoms with Gasteiger partial charge in [0, 0.05) is 25.1 Å². The summed E-state index contributed by atoms with van der Waals surface area (Å²) in [6.45, 7) is 4.43. The van der Waals surface area contributed by atoms with Crippen LogP contribution < -0.4 is 9.47 Å². The predicted molar refractivity (Wildman–Crippen MR) is 87.3 cm³/mol. The van der Waals surface area contributed by atoms with Crippen molar-refractivity contribution >= 4 is 11.9 Å². The zero-order chi connectivity index (χ0) is 16.9. The molecule has 3 rings (SSSR count). The van der Waals surface area contributed by atoms with Crippen molar-refractivity contribution in [3.8, 4) is 11.5 Å². The molecule has 0 aliphatic carbocycles. The lowest BCUT2D eigenvalue weighted by Crippen LogP contribution is -2.42. The van der Waals surface area contributed by atoms with Crippen LogP contribution in [-0.4, -0.2) is 49.7 Å². The average Bonchev–Trinajstić information content (AvgIpc) is 2.86. The van der Waals surface area contributed by atoms with Crippen LogP contribution >= 0.6 is 0 Å². The summed E-state index contributed by atoms with van der Waals surface area (Å²) in [4.78, 5) is 26.4. The van der Waals surface area contributed by atoms with Crippen LogP contribution in [0.4, 0.5) is 0 Å². The van der Waals surface area contributed by atoms with Crippen LogP contribution in [0.1, 0.15) is 36.5 Å². The van der Waals surface area contributed by atoms with Gasteiger partial charge < -0.3 is 19.1 Å². The van der Waals surface area contributed by atoms with E-state index in [0.29, 0.717) is 50.0 Å². The second-order valence-corrected chi connectivity index (χ2v) is 6.05. The summed E-state index contributed by atoms with van der Waals surface area (Å²) in [7, 11) is 0. The number of ether oxygens (including phenoxy) is 3. The van der Waals surface area contributed by atoms with Crippen LogP contribution in [0.2, 0.25) is 0 Å². The molecule has 1 fully saturated rings. The van der Waals surface area contributed by atoms with Gasteiger partial charge in [0.25, 0.3) is 5.91 Å². The quantitative estimate of drug-likeness (QED) is 0.794. The number of benzene rings is 1. The molecule has 1 aromatic carbocycles. The Kier molecular flexibility index (Phi) is 5.23. The maximum atomic E-state index is 12.8. The molecule has 0 N–H and O–H groups in total. The highest BCUT2D eigenvalue weighted by Crippen LogP contribution is 2.31. The van der Waals surface area contributed by atoms with Gasteiger partial charge in [-0.2, -0.15) is 0 Å². The Bertz CT molecular complexity index is 615. The molecule has 1 aromatic rings. The van der Waals surface area contributed by atoms with Crippen molar-refractivity contribution < 1.29 is 23.8 Å². The number of hydrogen-bond acceptors (Lipinski definition) is 5. The number of piperidine rings is 1. The molecule has 0 spiro atoms. The Hall–Kier alpha value is -2.24. The lowest BCUT2D eigenvalue weighted by atomic mass is 9.97. The lowest BCUT2D eigenvalue weighted by Gasteiger charge is -2.31. The minimum atomic E-state index is -0.233. The van der Waals surface area contributed by atoms with Gasteiger partial charge in [-0.3, -0.25) is 9.59 Å².